The number of carbonyl (C=O) groups excluding carboxylic acids is 3. The van der Waals surface area contributed by atoms with Gasteiger partial charge in [-0.1, -0.05) is 39.3 Å². The molecule has 8 nitrogen and oxygen atoms in total. The number of nitrogens with one attached hydrogen (secondary N) is 2. The van der Waals surface area contributed by atoms with Gasteiger partial charge in [-0.15, -0.1) is 0 Å². The third kappa shape index (κ3) is 9.23. The smallest absolute Gasteiger partial charge is 0.408 e. The van der Waals surface area contributed by atoms with Crippen molar-refractivity contribution in [3.05, 3.63) is 29.8 Å². The number of carbonyl (C=O) groups is 3. The van der Waals surface area contributed by atoms with Gasteiger partial charge >= 0.3 is 6.09 Å². The maximum absolute atomic E-state index is 13.9. The van der Waals surface area contributed by atoms with Gasteiger partial charge in [-0.3, -0.25) is 9.59 Å². The van der Waals surface area contributed by atoms with Crippen LogP contribution in [0.25, 0.3) is 0 Å². The Morgan fingerprint density at radius 2 is 1.59 bits per heavy atom. The van der Waals surface area contributed by atoms with Crippen molar-refractivity contribution >= 4 is 17.9 Å². The van der Waals surface area contributed by atoms with E-state index in [1.807, 2.05) is 41.5 Å². The van der Waals surface area contributed by atoms with Crippen LogP contribution < -0.4 is 10.6 Å². The van der Waals surface area contributed by atoms with E-state index in [0.717, 1.165) is 0 Å². The van der Waals surface area contributed by atoms with Gasteiger partial charge in [0.25, 0.3) is 0 Å². The number of phenols is 1. The van der Waals surface area contributed by atoms with Crippen molar-refractivity contribution in [3.8, 4) is 5.75 Å². The minimum Gasteiger partial charge on any atom is -0.508 e. The monoisotopic (exact) mass is 477 g/mol. The first-order valence-electron chi connectivity index (χ1n) is 12.0. The van der Waals surface area contributed by atoms with E-state index in [2.05, 4.69) is 10.6 Å². The summed E-state index contributed by atoms with van der Waals surface area (Å²) >= 11 is 0. The average Bonchev–Trinajstić information content (AvgIpc) is 2.69. The average molecular weight is 478 g/mol. The fourth-order valence-electron chi connectivity index (χ4n) is 3.47. The summed E-state index contributed by atoms with van der Waals surface area (Å²) in [5, 5.41) is 15.5. The lowest BCUT2D eigenvalue weighted by molar-refractivity contribution is -0.144. The zero-order valence-corrected chi connectivity index (χ0v) is 22.2. The zero-order valence-electron chi connectivity index (χ0n) is 22.2. The number of phenolic OH excluding ortho intramolecular Hbond substituents is 1. The molecular formula is C26H43N3O5. The third-order valence-electron chi connectivity index (χ3n) is 5.17. The maximum Gasteiger partial charge on any atom is 0.408 e. The number of alkyl carbamates (subject to hydrolysis) is 1. The van der Waals surface area contributed by atoms with Crippen LogP contribution in [0.15, 0.2) is 24.3 Å². The molecule has 0 radical (unpaired) electrons. The summed E-state index contributed by atoms with van der Waals surface area (Å²) in [6, 6.07) is 4.46. The highest BCUT2D eigenvalue weighted by Crippen LogP contribution is 2.27. The van der Waals surface area contributed by atoms with E-state index in [9.17, 15) is 19.5 Å². The first-order chi connectivity index (χ1) is 15.6. The Labute approximate surface area is 204 Å². The largest absolute Gasteiger partial charge is 0.508 e. The highest BCUT2D eigenvalue weighted by atomic mass is 16.6. The van der Waals surface area contributed by atoms with E-state index in [4.69, 9.17) is 4.74 Å². The van der Waals surface area contributed by atoms with Gasteiger partial charge in [0.15, 0.2) is 0 Å². The van der Waals surface area contributed by atoms with Crippen LogP contribution in [-0.2, 0) is 14.3 Å². The van der Waals surface area contributed by atoms with Crippen LogP contribution in [0.1, 0.15) is 86.8 Å². The second-order valence-electron chi connectivity index (χ2n) is 10.8. The zero-order chi connectivity index (χ0) is 26.3. The summed E-state index contributed by atoms with van der Waals surface area (Å²) in [7, 11) is 0. The van der Waals surface area contributed by atoms with Crippen LogP contribution in [0.2, 0.25) is 0 Å². The van der Waals surface area contributed by atoms with Gasteiger partial charge in [0.2, 0.25) is 11.8 Å². The van der Waals surface area contributed by atoms with E-state index >= 15 is 0 Å². The number of benzene rings is 1. The van der Waals surface area contributed by atoms with Crippen molar-refractivity contribution in [2.45, 2.75) is 98.4 Å². The molecule has 8 heteroatoms. The Balaban J connectivity index is 3.46. The van der Waals surface area contributed by atoms with Gasteiger partial charge in [0.05, 0.1) is 0 Å². The van der Waals surface area contributed by atoms with Crippen LogP contribution >= 0.6 is 0 Å². The van der Waals surface area contributed by atoms with E-state index in [1.54, 1.807) is 32.9 Å². The van der Waals surface area contributed by atoms with Crippen LogP contribution in [0, 0.1) is 5.92 Å². The Morgan fingerprint density at radius 1 is 1.03 bits per heavy atom. The van der Waals surface area contributed by atoms with Gasteiger partial charge in [0, 0.05) is 12.1 Å². The first kappa shape index (κ1) is 29.3. The normalized spacial score (nSPS) is 14.5. The van der Waals surface area contributed by atoms with Crippen molar-refractivity contribution < 1.29 is 24.2 Å². The number of nitrogens with zero attached hydrogens (tertiary/aromatic N) is 1. The molecule has 0 fully saturated rings. The topological polar surface area (TPSA) is 108 Å². The standard InChI is InChI=1S/C26H43N3O5/c1-10-16-29(23(32)20(17(3)11-2)27-24(33)34-26(7,8)9)21(22(31)28-25(4,5)6)18-12-14-19(30)15-13-18/h12-15,17,20-21,30H,10-11,16H2,1-9H3,(H,27,33)(H,28,31). The van der Waals surface area contributed by atoms with Crippen LogP contribution in [0.3, 0.4) is 0 Å². The Morgan fingerprint density at radius 3 is 2.03 bits per heavy atom. The first-order valence-corrected chi connectivity index (χ1v) is 12.0. The molecule has 0 saturated carbocycles. The van der Waals surface area contributed by atoms with E-state index in [1.165, 1.54) is 17.0 Å². The molecule has 0 spiro atoms. The number of hydrogen-bond acceptors (Lipinski definition) is 5. The molecular weight excluding hydrogens is 434 g/mol. The summed E-state index contributed by atoms with van der Waals surface area (Å²) in [6.07, 6.45) is 0.579. The minimum atomic E-state index is -0.931. The number of ether oxygens (including phenoxy) is 1. The van der Waals surface area contributed by atoms with Crippen LogP contribution in [0.4, 0.5) is 4.79 Å². The molecule has 3 unspecified atom stereocenters. The number of aromatic hydroxyl groups is 1. The summed E-state index contributed by atoms with van der Waals surface area (Å²) in [6.45, 7) is 16.9. The quantitative estimate of drug-likeness (QED) is 0.484. The van der Waals surface area contributed by atoms with Crippen molar-refractivity contribution in [1.82, 2.24) is 15.5 Å². The molecule has 0 saturated heterocycles. The fourth-order valence-corrected chi connectivity index (χ4v) is 3.47. The van der Waals surface area contributed by atoms with Gasteiger partial charge in [-0.2, -0.15) is 0 Å². The van der Waals surface area contributed by atoms with E-state index in [-0.39, 0.29) is 23.5 Å². The molecule has 0 bridgehead atoms. The molecule has 1 rings (SSSR count). The predicted molar refractivity (Wildman–Crippen MR) is 133 cm³/mol. The molecule has 1 aromatic carbocycles. The SMILES string of the molecule is CCCN(C(=O)C(NC(=O)OC(C)(C)C)C(C)CC)C(C(=O)NC(C)(C)C)c1ccc(O)cc1. The second-order valence-corrected chi connectivity index (χ2v) is 10.8. The molecule has 34 heavy (non-hydrogen) atoms. The fraction of sp³-hybridized carbons (Fsp3) is 0.654. The molecule has 3 atom stereocenters. The van der Waals surface area contributed by atoms with E-state index in [0.29, 0.717) is 24.9 Å². The molecule has 3 N–H and O–H groups in total. The van der Waals surface area contributed by atoms with Gasteiger partial charge in [-0.05, 0) is 71.6 Å². The molecule has 0 heterocycles. The summed E-state index contributed by atoms with van der Waals surface area (Å²) in [4.78, 5) is 41.4. The maximum atomic E-state index is 13.9. The van der Waals surface area contributed by atoms with Crippen molar-refractivity contribution in [2.75, 3.05) is 6.54 Å². The van der Waals surface area contributed by atoms with Crippen LogP contribution in [0.5, 0.6) is 5.75 Å². The Hall–Kier alpha value is -2.77. The number of amides is 3. The van der Waals surface area contributed by atoms with Gasteiger partial charge in [-0.25, -0.2) is 4.79 Å². The molecule has 0 aliphatic rings. The predicted octanol–water partition coefficient (Wildman–Crippen LogP) is 4.53. The Bertz CT molecular complexity index is 824. The van der Waals surface area contributed by atoms with Gasteiger partial charge in [0.1, 0.15) is 23.4 Å². The number of hydrogen-bond donors (Lipinski definition) is 3. The highest BCUT2D eigenvalue weighted by molar-refractivity contribution is 5.92. The lowest BCUT2D eigenvalue weighted by Gasteiger charge is -2.37. The summed E-state index contributed by atoms with van der Waals surface area (Å²) in [5.41, 5.74) is -0.656. The highest BCUT2D eigenvalue weighted by Gasteiger charge is 2.38. The molecule has 3 amide bonds. The van der Waals surface area contributed by atoms with Crippen molar-refractivity contribution in [2.24, 2.45) is 5.92 Å². The number of rotatable bonds is 9. The minimum absolute atomic E-state index is 0.0659. The van der Waals surface area contributed by atoms with Crippen LogP contribution in [-0.4, -0.2) is 51.6 Å². The second kappa shape index (κ2) is 12.1. The lowest BCUT2D eigenvalue weighted by Crippen LogP contribution is -2.56. The van der Waals surface area contributed by atoms with Crippen molar-refractivity contribution in [3.63, 3.8) is 0 Å². The van der Waals surface area contributed by atoms with Crippen molar-refractivity contribution in [1.29, 1.82) is 0 Å². The third-order valence-corrected chi connectivity index (χ3v) is 5.17. The molecule has 1 aromatic rings. The van der Waals surface area contributed by atoms with Gasteiger partial charge < -0.3 is 25.4 Å². The summed E-state index contributed by atoms with van der Waals surface area (Å²) < 4.78 is 5.40. The molecule has 0 aromatic heterocycles. The summed E-state index contributed by atoms with van der Waals surface area (Å²) in [5.74, 6) is -0.814. The van der Waals surface area contributed by atoms with E-state index < -0.39 is 29.3 Å². The molecule has 192 valence electrons. The molecule has 0 aliphatic carbocycles. The molecule has 0 aliphatic heterocycles. The lowest BCUT2D eigenvalue weighted by atomic mass is 9.95. The Kier molecular flexibility index (Phi) is 10.4.